The van der Waals surface area contributed by atoms with E-state index in [1.165, 1.54) is 24.3 Å². The number of halogens is 2. The number of carbonyl (C=O) groups is 1. The first-order chi connectivity index (χ1) is 9.79. The Morgan fingerprint density at radius 1 is 1.19 bits per heavy atom. The summed E-state index contributed by atoms with van der Waals surface area (Å²) in [6.07, 6.45) is 1.05. The van der Waals surface area contributed by atoms with Gasteiger partial charge in [0.15, 0.2) is 9.84 Å². The SMILES string of the molecule is CS(=O)(=O)c1ccccc1NC(=O)c1ccc(Br)c(F)c1. The Balaban J connectivity index is 2.34. The van der Waals surface area contributed by atoms with Crippen molar-refractivity contribution < 1.29 is 17.6 Å². The minimum Gasteiger partial charge on any atom is -0.321 e. The standard InChI is InChI=1S/C14H11BrFNO3S/c1-21(19,20)13-5-3-2-4-12(13)17-14(18)9-6-7-10(15)11(16)8-9/h2-8H,1H3,(H,17,18). The average molecular weight is 372 g/mol. The molecule has 0 aromatic heterocycles. The van der Waals surface area contributed by atoms with Crippen LogP contribution in [0.4, 0.5) is 10.1 Å². The quantitative estimate of drug-likeness (QED) is 0.900. The third kappa shape index (κ3) is 3.68. The summed E-state index contributed by atoms with van der Waals surface area (Å²) in [7, 11) is -3.47. The fraction of sp³-hybridized carbons (Fsp3) is 0.0714. The first-order valence-corrected chi connectivity index (χ1v) is 8.53. The van der Waals surface area contributed by atoms with Crippen LogP contribution in [0.25, 0.3) is 0 Å². The molecule has 0 saturated heterocycles. The van der Waals surface area contributed by atoms with Crippen LogP contribution in [0.2, 0.25) is 0 Å². The number of para-hydroxylation sites is 1. The normalized spacial score (nSPS) is 11.2. The third-order valence-electron chi connectivity index (χ3n) is 2.72. The molecule has 0 bridgehead atoms. The molecular formula is C14H11BrFNO3S. The first-order valence-electron chi connectivity index (χ1n) is 5.84. The van der Waals surface area contributed by atoms with Crippen LogP contribution >= 0.6 is 15.9 Å². The van der Waals surface area contributed by atoms with Gasteiger partial charge in [-0.25, -0.2) is 12.8 Å². The number of sulfone groups is 1. The van der Waals surface area contributed by atoms with Gasteiger partial charge in [0.05, 0.1) is 15.1 Å². The molecule has 0 radical (unpaired) electrons. The van der Waals surface area contributed by atoms with E-state index in [1.807, 2.05) is 0 Å². The van der Waals surface area contributed by atoms with Gasteiger partial charge >= 0.3 is 0 Å². The lowest BCUT2D eigenvalue weighted by molar-refractivity contribution is 0.102. The molecule has 0 fully saturated rings. The summed E-state index contributed by atoms with van der Waals surface area (Å²) in [4.78, 5) is 12.1. The smallest absolute Gasteiger partial charge is 0.255 e. The van der Waals surface area contributed by atoms with Crippen molar-refractivity contribution in [3.05, 3.63) is 58.3 Å². The van der Waals surface area contributed by atoms with Crippen LogP contribution in [-0.2, 0) is 9.84 Å². The van der Waals surface area contributed by atoms with Crippen LogP contribution < -0.4 is 5.32 Å². The maximum Gasteiger partial charge on any atom is 0.255 e. The van der Waals surface area contributed by atoms with Crippen molar-refractivity contribution in [3.8, 4) is 0 Å². The summed E-state index contributed by atoms with van der Waals surface area (Å²) < 4.78 is 37.0. The van der Waals surface area contributed by atoms with Gasteiger partial charge < -0.3 is 5.32 Å². The monoisotopic (exact) mass is 371 g/mol. The van der Waals surface area contributed by atoms with Gasteiger partial charge in [-0.3, -0.25) is 4.79 Å². The topological polar surface area (TPSA) is 63.2 Å². The molecule has 1 amide bonds. The highest BCUT2D eigenvalue weighted by molar-refractivity contribution is 9.10. The van der Waals surface area contributed by atoms with Crippen molar-refractivity contribution in [1.29, 1.82) is 0 Å². The Bertz CT molecular complexity index is 806. The highest BCUT2D eigenvalue weighted by atomic mass is 79.9. The van der Waals surface area contributed by atoms with Gasteiger partial charge in [-0.15, -0.1) is 0 Å². The van der Waals surface area contributed by atoms with Gasteiger partial charge in [0.2, 0.25) is 0 Å². The van der Waals surface area contributed by atoms with Crippen molar-refractivity contribution in [1.82, 2.24) is 0 Å². The molecule has 0 aliphatic heterocycles. The molecule has 1 N–H and O–H groups in total. The largest absolute Gasteiger partial charge is 0.321 e. The van der Waals surface area contributed by atoms with Crippen LogP contribution in [0.15, 0.2) is 51.8 Å². The number of hydrogen-bond donors (Lipinski definition) is 1. The first kappa shape index (κ1) is 15.7. The molecule has 0 unspecified atom stereocenters. The second kappa shape index (κ2) is 5.95. The second-order valence-electron chi connectivity index (χ2n) is 4.35. The van der Waals surface area contributed by atoms with E-state index in [-0.39, 0.29) is 20.6 Å². The molecule has 2 rings (SSSR count). The van der Waals surface area contributed by atoms with Crippen molar-refractivity contribution in [3.63, 3.8) is 0 Å². The number of nitrogens with one attached hydrogen (secondary N) is 1. The molecule has 0 heterocycles. The molecule has 0 aliphatic rings. The molecule has 21 heavy (non-hydrogen) atoms. The Morgan fingerprint density at radius 3 is 2.48 bits per heavy atom. The number of hydrogen-bond acceptors (Lipinski definition) is 3. The summed E-state index contributed by atoms with van der Waals surface area (Å²) >= 11 is 3.00. The predicted octanol–water partition coefficient (Wildman–Crippen LogP) is 3.24. The predicted molar refractivity (Wildman–Crippen MR) is 81.6 cm³/mol. The minimum atomic E-state index is -3.47. The Labute approximate surface area is 130 Å². The van der Waals surface area contributed by atoms with Crippen LogP contribution in [0.5, 0.6) is 0 Å². The lowest BCUT2D eigenvalue weighted by atomic mass is 10.2. The summed E-state index contributed by atoms with van der Waals surface area (Å²) in [6.45, 7) is 0. The van der Waals surface area contributed by atoms with Gasteiger partial charge in [-0.1, -0.05) is 12.1 Å². The molecule has 0 spiro atoms. The van der Waals surface area contributed by atoms with Crippen LogP contribution in [0.3, 0.4) is 0 Å². The molecule has 110 valence electrons. The number of rotatable bonds is 3. The molecule has 0 saturated carbocycles. The molecule has 7 heteroatoms. The Kier molecular flexibility index (Phi) is 4.43. The van der Waals surface area contributed by atoms with E-state index in [9.17, 15) is 17.6 Å². The zero-order valence-electron chi connectivity index (χ0n) is 10.9. The number of carbonyl (C=O) groups excluding carboxylic acids is 1. The van der Waals surface area contributed by atoms with E-state index in [0.717, 1.165) is 12.3 Å². The Hall–Kier alpha value is -1.73. The molecular weight excluding hydrogens is 361 g/mol. The van der Waals surface area contributed by atoms with E-state index in [4.69, 9.17) is 0 Å². The van der Waals surface area contributed by atoms with Crippen molar-refractivity contribution in [2.45, 2.75) is 4.90 Å². The van der Waals surface area contributed by atoms with Gasteiger partial charge in [-0.05, 0) is 46.3 Å². The van der Waals surface area contributed by atoms with Crippen LogP contribution in [-0.4, -0.2) is 20.6 Å². The highest BCUT2D eigenvalue weighted by Crippen LogP contribution is 2.22. The van der Waals surface area contributed by atoms with Crippen molar-refractivity contribution in [2.24, 2.45) is 0 Å². The summed E-state index contributed by atoms with van der Waals surface area (Å²) in [6, 6.07) is 9.95. The Morgan fingerprint density at radius 2 is 1.86 bits per heavy atom. The average Bonchev–Trinajstić information content (AvgIpc) is 2.41. The zero-order chi connectivity index (χ0) is 15.6. The van der Waals surface area contributed by atoms with E-state index < -0.39 is 21.6 Å². The molecule has 2 aromatic rings. The maximum atomic E-state index is 13.4. The van der Waals surface area contributed by atoms with Crippen molar-refractivity contribution in [2.75, 3.05) is 11.6 Å². The van der Waals surface area contributed by atoms with Gasteiger partial charge in [0, 0.05) is 11.8 Å². The summed E-state index contributed by atoms with van der Waals surface area (Å²) in [5, 5.41) is 2.48. The summed E-state index contributed by atoms with van der Waals surface area (Å²) in [5.41, 5.74) is 0.257. The van der Waals surface area contributed by atoms with Crippen LogP contribution in [0, 0.1) is 5.82 Å². The van der Waals surface area contributed by atoms with E-state index in [0.29, 0.717) is 0 Å². The molecule has 4 nitrogen and oxygen atoms in total. The van der Waals surface area contributed by atoms with Gasteiger partial charge in [0.25, 0.3) is 5.91 Å². The number of anilines is 1. The minimum absolute atomic E-state index is 0.0101. The lowest BCUT2D eigenvalue weighted by Crippen LogP contribution is -2.14. The number of amides is 1. The summed E-state index contributed by atoms with van der Waals surface area (Å²) in [5.74, 6) is -1.16. The van der Waals surface area contributed by atoms with Gasteiger partial charge in [-0.2, -0.15) is 0 Å². The van der Waals surface area contributed by atoms with E-state index in [1.54, 1.807) is 12.1 Å². The maximum absolute atomic E-state index is 13.4. The second-order valence-corrected chi connectivity index (χ2v) is 7.19. The fourth-order valence-corrected chi connectivity index (χ4v) is 2.82. The molecule has 0 atom stereocenters. The third-order valence-corrected chi connectivity index (χ3v) is 4.51. The zero-order valence-corrected chi connectivity index (χ0v) is 13.3. The molecule has 2 aromatic carbocycles. The number of benzene rings is 2. The van der Waals surface area contributed by atoms with Crippen LogP contribution in [0.1, 0.15) is 10.4 Å². The van der Waals surface area contributed by atoms with Gasteiger partial charge in [0.1, 0.15) is 5.82 Å². The highest BCUT2D eigenvalue weighted by Gasteiger charge is 2.16. The molecule has 0 aliphatic carbocycles. The lowest BCUT2D eigenvalue weighted by Gasteiger charge is -2.10. The van der Waals surface area contributed by atoms with E-state index >= 15 is 0 Å². The fourth-order valence-electron chi connectivity index (χ4n) is 1.73. The van der Waals surface area contributed by atoms with E-state index in [2.05, 4.69) is 21.2 Å². The van der Waals surface area contributed by atoms with Crippen molar-refractivity contribution >= 4 is 37.4 Å².